The van der Waals surface area contributed by atoms with Crippen LogP contribution in [0, 0.1) is 0 Å². The Labute approximate surface area is 80.6 Å². The van der Waals surface area contributed by atoms with E-state index in [9.17, 15) is 8.76 Å². The van der Waals surface area contributed by atoms with Gasteiger partial charge in [0.05, 0.1) is 33.0 Å². The zero-order chi connectivity index (χ0) is 9.94. The Balaban J connectivity index is 2.87. The predicted molar refractivity (Wildman–Crippen MR) is 47.3 cm³/mol. The largest absolute Gasteiger partial charge is 0.772 e. The molecule has 0 aliphatic heterocycles. The second-order valence-corrected chi connectivity index (χ2v) is 3.24. The van der Waals surface area contributed by atoms with Crippen molar-refractivity contribution in [1.29, 1.82) is 0 Å². The molecule has 0 saturated heterocycles. The van der Waals surface area contributed by atoms with Crippen molar-refractivity contribution in [1.82, 2.24) is 0 Å². The minimum atomic E-state index is -2.01. The molecule has 0 spiro atoms. The van der Waals surface area contributed by atoms with Crippen molar-refractivity contribution in [3.63, 3.8) is 0 Å². The number of hydrogen-bond acceptors (Lipinski definition) is 5. The van der Waals surface area contributed by atoms with Crippen LogP contribution in [0.1, 0.15) is 0 Å². The molecule has 6 heteroatoms. The normalized spacial score (nSPS) is 13.1. The number of hydrogen-bond donors (Lipinski definition) is 0. The Hall–Kier alpha value is -0.0100. The molecule has 0 aliphatic rings. The van der Waals surface area contributed by atoms with Crippen molar-refractivity contribution >= 4 is 11.1 Å². The number of rotatable bonds is 9. The standard InChI is InChI=1S/C7H16O5S/c1-10-2-3-11-4-5-12-6-7-13(8)9/h2-7H2,1H3,(H,8,9)/p-1. The monoisotopic (exact) mass is 211 g/mol. The third-order valence-electron chi connectivity index (χ3n) is 1.20. The maximum absolute atomic E-state index is 10.0. The van der Waals surface area contributed by atoms with Crippen LogP contribution in [0.5, 0.6) is 0 Å². The van der Waals surface area contributed by atoms with E-state index in [-0.39, 0.29) is 12.4 Å². The summed E-state index contributed by atoms with van der Waals surface area (Å²) in [4.78, 5) is 0. The van der Waals surface area contributed by atoms with E-state index in [0.29, 0.717) is 26.4 Å². The van der Waals surface area contributed by atoms with E-state index in [1.54, 1.807) is 7.11 Å². The summed E-state index contributed by atoms with van der Waals surface area (Å²) in [5.74, 6) is 0.0398. The minimum absolute atomic E-state index is 0.0398. The highest BCUT2D eigenvalue weighted by molar-refractivity contribution is 7.79. The lowest BCUT2D eigenvalue weighted by molar-refractivity contribution is 0.0283. The molecule has 13 heavy (non-hydrogen) atoms. The van der Waals surface area contributed by atoms with E-state index in [1.165, 1.54) is 0 Å². The Kier molecular flexibility index (Phi) is 10.1. The Morgan fingerprint density at radius 3 is 2.15 bits per heavy atom. The van der Waals surface area contributed by atoms with Gasteiger partial charge in [-0.2, -0.15) is 0 Å². The third-order valence-corrected chi connectivity index (χ3v) is 1.70. The van der Waals surface area contributed by atoms with E-state index in [0.717, 1.165) is 0 Å². The highest BCUT2D eigenvalue weighted by Crippen LogP contribution is 1.81. The van der Waals surface area contributed by atoms with Gasteiger partial charge in [-0.15, -0.1) is 0 Å². The summed E-state index contributed by atoms with van der Waals surface area (Å²) >= 11 is -2.01. The van der Waals surface area contributed by atoms with Crippen molar-refractivity contribution in [3.05, 3.63) is 0 Å². The Bertz CT molecular complexity index is 130. The Morgan fingerprint density at radius 1 is 1.08 bits per heavy atom. The highest BCUT2D eigenvalue weighted by atomic mass is 32.2. The van der Waals surface area contributed by atoms with Gasteiger partial charge in [-0.25, -0.2) is 0 Å². The smallest absolute Gasteiger partial charge is 0.0701 e. The van der Waals surface area contributed by atoms with E-state index in [4.69, 9.17) is 14.2 Å². The predicted octanol–water partition coefficient (Wildman–Crippen LogP) is -0.455. The molecule has 0 aromatic carbocycles. The summed E-state index contributed by atoms with van der Waals surface area (Å²) in [6.07, 6.45) is 0. The lowest BCUT2D eigenvalue weighted by atomic mass is 10.7. The van der Waals surface area contributed by atoms with Gasteiger partial charge in [-0.3, -0.25) is 4.21 Å². The van der Waals surface area contributed by atoms with Gasteiger partial charge in [-0.05, 0) is 0 Å². The van der Waals surface area contributed by atoms with Crippen molar-refractivity contribution < 1.29 is 23.0 Å². The molecular weight excluding hydrogens is 196 g/mol. The van der Waals surface area contributed by atoms with Crippen LogP contribution in [0.3, 0.4) is 0 Å². The molecule has 80 valence electrons. The first-order valence-electron chi connectivity index (χ1n) is 3.97. The van der Waals surface area contributed by atoms with E-state index >= 15 is 0 Å². The molecule has 0 radical (unpaired) electrons. The molecular formula is C7H15O5S-. The van der Waals surface area contributed by atoms with E-state index in [2.05, 4.69) is 0 Å². The molecule has 1 unspecified atom stereocenters. The maximum atomic E-state index is 10.0. The van der Waals surface area contributed by atoms with Crippen molar-refractivity contribution in [2.45, 2.75) is 0 Å². The fraction of sp³-hybridized carbons (Fsp3) is 1.00. The molecule has 0 fully saturated rings. The summed E-state index contributed by atoms with van der Waals surface area (Å²) in [5, 5.41) is 0. The molecule has 0 amide bonds. The van der Waals surface area contributed by atoms with E-state index < -0.39 is 11.1 Å². The fourth-order valence-electron chi connectivity index (χ4n) is 0.591. The number of methoxy groups -OCH3 is 1. The van der Waals surface area contributed by atoms with Crippen LogP contribution in [0.4, 0.5) is 0 Å². The van der Waals surface area contributed by atoms with Gasteiger partial charge in [0.15, 0.2) is 0 Å². The van der Waals surface area contributed by atoms with Gasteiger partial charge >= 0.3 is 0 Å². The summed E-state index contributed by atoms with van der Waals surface area (Å²) < 4.78 is 34.9. The molecule has 0 aromatic rings. The first-order valence-corrected chi connectivity index (χ1v) is 5.22. The van der Waals surface area contributed by atoms with Gasteiger partial charge in [0, 0.05) is 12.9 Å². The fourth-order valence-corrected chi connectivity index (χ4v) is 0.845. The molecule has 0 heterocycles. The van der Waals surface area contributed by atoms with Crippen LogP contribution in [-0.2, 0) is 25.3 Å². The average Bonchev–Trinajstić information content (AvgIpc) is 2.09. The lowest BCUT2D eigenvalue weighted by Gasteiger charge is -2.06. The number of ether oxygens (including phenoxy) is 3. The van der Waals surface area contributed by atoms with Crippen LogP contribution in [0.2, 0.25) is 0 Å². The van der Waals surface area contributed by atoms with Gasteiger partial charge in [0.25, 0.3) is 0 Å². The molecule has 1 atom stereocenters. The van der Waals surface area contributed by atoms with Crippen LogP contribution < -0.4 is 0 Å². The van der Waals surface area contributed by atoms with Gasteiger partial charge < -0.3 is 18.8 Å². The maximum Gasteiger partial charge on any atom is 0.0701 e. The molecule has 0 rings (SSSR count). The molecule has 0 saturated carbocycles. The van der Waals surface area contributed by atoms with Crippen LogP contribution in [0.25, 0.3) is 0 Å². The first kappa shape index (κ1) is 13.0. The second-order valence-electron chi connectivity index (χ2n) is 2.23. The summed E-state index contributed by atoms with van der Waals surface area (Å²) in [6, 6.07) is 0. The van der Waals surface area contributed by atoms with Crippen LogP contribution in [-0.4, -0.2) is 54.7 Å². The third kappa shape index (κ3) is 12.0. The van der Waals surface area contributed by atoms with Crippen LogP contribution in [0.15, 0.2) is 0 Å². The van der Waals surface area contributed by atoms with Crippen molar-refractivity contribution in [2.24, 2.45) is 0 Å². The summed E-state index contributed by atoms with van der Waals surface area (Å²) in [7, 11) is 1.60. The average molecular weight is 211 g/mol. The lowest BCUT2D eigenvalue weighted by Crippen LogP contribution is -2.11. The zero-order valence-electron chi connectivity index (χ0n) is 7.69. The Morgan fingerprint density at radius 2 is 1.62 bits per heavy atom. The molecule has 0 bridgehead atoms. The molecule has 5 nitrogen and oxygen atoms in total. The van der Waals surface area contributed by atoms with Crippen LogP contribution >= 0.6 is 0 Å². The van der Waals surface area contributed by atoms with Gasteiger partial charge in [0.1, 0.15) is 0 Å². The molecule has 0 aliphatic carbocycles. The van der Waals surface area contributed by atoms with Crippen molar-refractivity contribution in [3.8, 4) is 0 Å². The summed E-state index contributed by atoms with van der Waals surface area (Å²) in [6.45, 7) is 2.21. The second kappa shape index (κ2) is 10.1. The summed E-state index contributed by atoms with van der Waals surface area (Å²) in [5.41, 5.74) is 0. The SMILES string of the molecule is COCCOCCOCCS(=O)[O-]. The zero-order valence-corrected chi connectivity index (χ0v) is 8.51. The van der Waals surface area contributed by atoms with E-state index in [1.807, 2.05) is 0 Å². The molecule has 0 N–H and O–H groups in total. The molecule has 0 aromatic heterocycles. The highest BCUT2D eigenvalue weighted by Gasteiger charge is 1.89. The van der Waals surface area contributed by atoms with Gasteiger partial charge in [-0.1, -0.05) is 11.1 Å². The minimum Gasteiger partial charge on any atom is -0.772 e. The topological polar surface area (TPSA) is 67.8 Å². The van der Waals surface area contributed by atoms with Gasteiger partial charge in [0.2, 0.25) is 0 Å². The first-order chi connectivity index (χ1) is 6.27. The quantitative estimate of drug-likeness (QED) is 0.381. The van der Waals surface area contributed by atoms with Crippen molar-refractivity contribution in [2.75, 3.05) is 45.9 Å².